The van der Waals surface area contributed by atoms with Crippen molar-refractivity contribution >= 4 is 0 Å². The normalized spacial score (nSPS) is 36.6. The zero-order valence-electron chi connectivity index (χ0n) is 11.3. The quantitative estimate of drug-likeness (QED) is 0.737. The van der Waals surface area contributed by atoms with E-state index in [0.717, 1.165) is 22.3 Å². The van der Waals surface area contributed by atoms with Crippen molar-refractivity contribution < 1.29 is 14.9 Å². The van der Waals surface area contributed by atoms with Crippen LogP contribution in [0.3, 0.4) is 0 Å². The van der Waals surface area contributed by atoms with E-state index in [9.17, 15) is 10.2 Å². The van der Waals surface area contributed by atoms with Gasteiger partial charge in [-0.3, -0.25) is 0 Å². The summed E-state index contributed by atoms with van der Waals surface area (Å²) in [7, 11) is 0. The topological polar surface area (TPSA) is 49.7 Å². The van der Waals surface area contributed by atoms with Crippen LogP contribution in [0.4, 0.5) is 0 Å². The molecule has 3 nitrogen and oxygen atoms in total. The molecule has 0 amide bonds. The number of benzene rings is 1. The highest BCUT2D eigenvalue weighted by Gasteiger charge is 2.56. The van der Waals surface area contributed by atoms with E-state index in [4.69, 9.17) is 4.74 Å². The van der Waals surface area contributed by atoms with Gasteiger partial charge in [0.05, 0.1) is 12.7 Å². The van der Waals surface area contributed by atoms with E-state index >= 15 is 0 Å². The lowest BCUT2D eigenvalue weighted by molar-refractivity contribution is -0.143. The highest BCUT2D eigenvalue weighted by Crippen LogP contribution is 2.54. The SMILES string of the molecule is Cc1ccc2c3c1[C@@H](O)OC[C@@]3(C)[C@H](O)C2(C)C. The molecule has 98 valence electrons. The van der Waals surface area contributed by atoms with Gasteiger partial charge in [-0.15, -0.1) is 0 Å². The fraction of sp³-hybridized carbons (Fsp3) is 0.600. The van der Waals surface area contributed by atoms with Crippen LogP contribution in [0, 0.1) is 6.92 Å². The first-order valence-electron chi connectivity index (χ1n) is 6.42. The lowest BCUT2D eigenvalue weighted by Gasteiger charge is -2.39. The van der Waals surface area contributed by atoms with E-state index in [2.05, 4.69) is 19.9 Å². The zero-order valence-corrected chi connectivity index (χ0v) is 11.3. The second kappa shape index (κ2) is 3.35. The standard InChI is InChI=1S/C15H20O3/c1-8-5-6-9-11-10(8)12(16)18-7-15(11,4)13(17)14(9,2)3/h5-6,12-13,16-17H,7H2,1-4H3/t12-,13+,15+/m0/s1. The predicted molar refractivity (Wildman–Crippen MR) is 68.5 cm³/mol. The summed E-state index contributed by atoms with van der Waals surface area (Å²) in [6.45, 7) is 8.48. The van der Waals surface area contributed by atoms with E-state index in [0.29, 0.717) is 6.61 Å². The third-order valence-electron chi connectivity index (χ3n) is 4.80. The van der Waals surface area contributed by atoms with E-state index < -0.39 is 17.8 Å². The Hall–Kier alpha value is -0.900. The van der Waals surface area contributed by atoms with Gasteiger partial charge in [0.15, 0.2) is 6.29 Å². The van der Waals surface area contributed by atoms with Crippen LogP contribution in [0.1, 0.15) is 49.3 Å². The van der Waals surface area contributed by atoms with Gasteiger partial charge in [-0.25, -0.2) is 0 Å². The molecule has 3 heteroatoms. The van der Waals surface area contributed by atoms with Crippen LogP contribution in [0.25, 0.3) is 0 Å². The van der Waals surface area contributed by atoms with E-state index in [-0.39, 0.29) is 5.41 Å². The van der Waals surface area contributed by atoms with Crippen LogP contribution in [0.15, 0.2) is 12.1 Å². The number of ether oxygens (including phenoxy) is 1. The molecule has 18 heavy (non-hydrogen) atoms. The Balaban J connectivity index is 2.38. The van der Waals surface area contributed by atoms with Crippen LogP contribution in [0.5, 0.6) is 0 Å². The maximum atomic E-state index is 10.7. The van der Waals surface area contributed by atoms with Gasteiger partial charge in [-0.1, -0.05) is 32.9 Å². The molecule has 0 fully saturated rings. The molecule has 0 radical (unpaired) electrons. The Morgan fingerprint density at radius 1 is 1.22 bits per heavy atom. The molecule has 3 rings (SSSR count). The summed E-state index contributed by atoms with van der Waals surface area (Å²) in [4.78, 5) is 0. The number of aryl methyl sites for hydroxylation is 1. The monoisotopic (exact) mass is 248 g/mol. The smallest absolute Gasteiger partial charge is 0.181 e. The van der Waals surface area contributed by atoms with Crippen LogP contribution >= 0.6 is 0 Å². The molecule has 1 aliphatic heterocycles. The van der Waals surface area contributed by atoms with Crippen molar-refractivity contribution in [2.45, 2.75) is 50.9 Å². The average Bonchev–Trinajstić information content (AvgIpc) is 2.46. The molecule has 0 saturated heterocycles. The van der Waals surface area contributed by atoms with Crippen molar-refractivity contribution in [3.63, 3.8) is 0 Å². The summed E-state index contributed by atoms with van der Waals surface area (Å²) >= 11 is 0. The van der Waals surface area contributed by atoms with Gasteiger partial charge in [0.2, 0.25) is 0 Å². The first-order chi connectivity index (χ1) is 8.30. The van der Waals surface area contributed by atoms with Crippen LogP contribution in [0.2, 0.25) is 0 Å². The first-order valence-corrected chi connectivity index (χ1v) is 6.42. The number of hydrogen-bond donors (Lipinski definition) is 2. The summed E-state index contributed by atoms with van der Waals surface area (Å²) < 4.78 is 5.48. The Kier molecular flexibility index (Phi) is 2.26. The second-order valence-corrected chi connectivity index (χ2v) is 6.42. The van der Waals surface area contributed by atoms with E-state index in [1.165, 1.54) is 0 Å². The third kappa shape index (κ3) is 1.20. The molecule has 0 saturated carbocycles. The summed E-state index contributed by atoms with van der Waals surface area (Å²) in [5.74, 6) is 0. The van der Waals surface area contributed by atoms with Crippen LogP contribution < -0.4 is 0 Å². The Bertz CT molecular complexity index is 521. The van der Waals surface area contributed by atoms with Crippen molar-refractivity contribution in [3.8, 4) is 0 Å². The van der Waals surface area contributed by atoms with E-state index in [1.807, 2.05) is 19.9 Å². The van der Waals surface area contributed by atoms with Gasteiger partial charge in [-0.2, -0.15) is 0 Å². The maximum absolute atomic E-state index is 10.7. The molecule has 0 unspecified atom stereocenters. The number of hydrogen-bond acceptors (Lipinski definition) is 3. The summed E-state index contributed by atoms with van der Waals surface area (Å²) in [5.41, 5.74) is 3.39. The second-order valence-electron chi connectivity index (χ2n) is 6.42. The Labute approximate surface area is 107 Å². The molecule has 0 spiro atoms. The molecule has 0 aromatic heterocycles. The number of aliphatic hydroxyl groups is 2. The van der Waals surface area contributed by atoms with Crippen LogP contribution in [-0.4, -0.2) is 22.9 Å². The van der Waals surface area contributed by atoms with Gasteiger partial charge in [0.1, 0.15) is 0 Å². The summed E-state index contributed by atoms with van der Waals surface area (Å²) in [5, 5.41) is 20.8. The number of aliphatic hydroxyl groups excluding tert-OH is 2. The molecule has 1 aliphatic carbocycles. The molecule has 2 N–H and O–H groups in total. The van der Waals surface area contributed by atoms with Gasteiger partial charge < -0.3 is 14.9 Å². The molecule has 3 atom stereocenters. The lowest BCUT2D eigenvalue weighted by atomic mass is 9.75. The highest BCUT2D eigenvalue weighted by atomic mass is 16.6. The summed E-state index contributed by atoms with van der Waals surface area (Å²) in [6, 6.07) is 4.09. The fourth-order valence-electron chi connectivity index (χ4n) is 3.76. The third-order valence-corrected chi connectivity index (χ3v) is 4.80. The minimum Gasteiger partial charge on any atom is -0.391 e. The average molecular weight is 248 g/mol. The molecular weight excluding hydrogens is 228 g/mol. The highest BCUT2D eigenvalue weighted by molar-refractivity contribution is 5.55. The van der Waals surface area contributed by atoms with Gasteiger partial charge >= 0.3 is 0 Å². The molecular formula is C15H20O3. The van der Waals surface area contributed by atoms with Crippen LogP contribution in [-0.2, 0) is 15.6 Å². The largest absolute Gasteiger partial charge is 0.391 e. The van der Waals surface area contributed by atoms with Crippen molar-refractivity contribution in [1.29, 1.82) is 0 Å². The minimum atomic E-state index is -0.867. The maximum Gasteiger partial charge on any atom is 0.181 e. The Morgan fingerprint density at radius 3 is 2.56 bits per heavy atom. The lowest BCUT2D eigenvalue weighted by Crippen LogP contribution is -2.46. The molecule has 1 heterocycles. The zero-order chi connectivity index (χ0) is 13.3. The van der Waals surface area contributed by atoms with Gasteiger partial charge in [0, 0.05) is 16.4 Å². The predicted octanol–water partition coefficient (Wildman–Crippen LogP) is 1.93. The number of rotatable bonds is 0. The van der Waals surface area contributed by atoms with Gasteiger partial charge in [0.25, 0.3) is 0 Å². The fourth-order valence-corrected chi connectivity index (χ4v) is 3.76. The van der Waals surface area contributed by atoms with Crippen molar-refractivity contribution in [1.82, 2.24) is 0 Å². The van der Waals surface area contributed by atoms with Crippen molar-refractivity contribution in [2.75, 3.05) is 6.61 Å². The van der Waals surface area contributed by atoms with E-state index in [1.54, 1.807) is 0 Å². The molecule has 1 aromatic carbocycles. The van der Waals surface area contributed by atoms with Gasteiger partial charge in [-0.05, 0) is 23.6 Å². The summed E-state index contributed by atoms with van der Waals surface area (Å²) in [6.07, 6.45) is -1.36. The Morgan fingerprint density at radius 2 is 1.89 bits per heavy atom. The molecule has 0 bridgehead atoms. The molecule has 1 aromatic rings. The molecule has 2 aliphatic rings. The minimum absolute atomic E-state index is 0.306. The van der Waals surface area contributed by atoms with Crippen molar-refractivity contribution in [3.05, 3.63) is 34.4 Å². The first kappa shape index (κ1) is 12.2. The van der Waals surface area contributed by atoms with Crippen molar-refractivity contribution in [2.24, 2.45) is 0 Å².